The molecule has 0 aromatic carbocycles. The molecule has 0 bridgehead atoms. The fourth-order valence-corrected chi connectivity index (χ4v) is 3.93. The van der Waals surface area contributed by atoms with Crippen LogP contribution in [0.15, 0.2) is 11.4 Å². The van der Waals surface area contributed by atoms with Crippen LogP contribution in [0, 0.1) is 6.92 Å². The molecule has 0 aliphatic rings. The van der Waals surface area contributed by atoms with E-state index in [1.54, 1.807) is 23.2 Å². The smallest absolute Gasteiger partial charge is 0.317 e. The van der Waals surface area contributed by atoms with Crippen LogP contribution in [0.5, 0.6) is 0 Å². The lowest BCUT2D eigenvalue weighted by Gasteiger charge is -2.27. The Kier molecular flexibility index (Phi) is 6.01. The highest BCUT2D eigenvalue weighted by molar-refractivity contribution is 7.90. The van der Waals surface area contributed by atoms with E-state index in [1.807, 2.05) is 25.3 Å². The fraction of sp³-hybridized carbons (Fsp3) is 0.615. The highest BCUT2D eigenvalue weighted by atomic mass is 32.2. The molecule has 0 radical (unpaired) electrons. The molecule has 0 aliphatic heterocycles. The van der Waals surface area contributed by atoms with Crippen molar-refractivity contribution in [2.24, 2.45) is 0 Å². The number of urea groups is 1. The van der Waals surface area contributed by atoms with E-state index in [4.69, 9.17) is 0 Å². The molecule has 20 heavy (non-hydrogen) atoms. The van der Waals surface area contributed by atoms with E-state index in [9.17, 15) is 13.2 Å². The monoisotopic (exact) mass is 318 g/mol. The number of nitrogens with zero attached hydrogens (tertiary/aromatic N) is 1. The Morgan fingerprint density at radius 2 is 2.15 bits per heavy atom. The van der Waals surface area contributed by atoms with Crippen LogP contribution in [0.4, 0.5) is 4.79 Å². The maximum atomic E-state index is 12.1. The molecule has 0 saturated heterocycles. The Balaban J connectivity index is 2.61. The van der Waals surface area contributed by atoms with Crippen molar-refractivity contribution < 1.29 is 13.2 Å². The Bertz CT molecular complexity index is 552. The average molecular weight is 318 g/mol. The summed E-state index contributed by atoms with van der Waals surface area (Å²) in [6, 6.07) is 1.45. The normalized spacial score (nSPS) is 13.0. The molecular formula is C13H22N2O3S2. The van der Waals surface area contributed by atoms with Crippen LogP contribution in [0.25, 0.3) is 0 Å². The minimum Gasteiger partial charge on any atom is -0.333 e. The molecular weight excluding hydrogens is 296 g/mol. The molecule has 0 saturated carbocycles. The highest BCUT2D eigenvalue weighted by Gasteiger charge is 2.21. The second kappa shape index (κ2) is 7.08. The van der Waals surface area contributed by atoms with Gasteiger partial charge in [0, 0.05) is 23.7 Å². The summed E-state index contributed by atoms with van der Waals surface area (Å²) in [5, 5.41) is 4.83. The van der Waals surface area contributed by atoms with Crippen LogP contribution in [0.2, 0.25) is 0 Å². The third kappa shape index (κ3) is 5.13. The topological polar surface area (TPSA) is 66.5 Å². The van der Waals surface area contributed by atoms with Gasteiger partial charge in [-0.1, -0.05) is 0 Å². The Morgan fingerprint density at radius 3 is 2.60 bits per heavy atom. The zero-order chi connectivity index (χ0) is 15.3. The summed E-state index contributed by atoms with van der Waals surface area (Å²) in [5.41, 5.74) is 1.16. The Morgan fingerprint density at radius 1 is 1.50 bits per heavy atom. The van der Waals surface area contributed by atoms with E-state index in [1.165, 1.54) is 6.26 Å². The maximum Gasteiger partial charge on any atom is 0.317 e. The third-order valence-electron chi connectivity index (χ3n) is 3.05. The number of nitrogens with one attached hydrogen (secondary N) is 1. The summed E-state index contributed by atoms with van der Waals surface area (Å²) < 4.78 is 22.6. The van der Waals surface area contributed by atoms with Gasteiger partial charge in [0.2, 0.25) is 0 Å². The minimum atomic E-state index is -3.10. The Labute approximate surface area is 124 Å². The van der Waals surface area contributed by atoms with Crippen LogP contribution in [0.1, 0.15) is 24.3 Å². The predicted molar refractivity (Wildman–Crippen MR) is 82.8 cm³/mol. The number of rotatable bonds is 6. The molecule has 0 aliphatic carbocycles. The van der Waals surface area contributed by atoms with Gasteiger partial charge in [-0.25, -0.2) is 13.2 Å². The molecule has 1 aromatic heterocycles. The zero-order valence-electron chi connectivity index (χ0n) is 12.3. The van der Waals surface area contributed by atoms with Gasteiger partial charge in [-0.15, -0.1) is 11.3 Å². The molecule has 1 atom stereocenters. The number of sulfone groups is 1. The van der Waals surface area contributed by atoms with Crippen molar-refractivity contribution in [3.05, 3.63) is 21.9 Å². The first-order valence-corrected chi connectivity index (χ1v) is 9.43. The van der Waals surface area contributed by atoms with Crippen molar-refractivity contribution in [3.63, 3.8) is 0 Å². The van der Waals surface area contributed by atoms with Gasteiger partial charge in [0.1, 0.15) is 9.84 Å². The van der Waals surface area contributed by atoms with Crippen LogP contribution < -0.4 is 5.32 Å². The number of thiophene rings is 1. The lowest BCUT2D eigenvalue weighted by Crippen LogP contribution is -2.47. The van der Waals surface area contributed by atoms with E-state index < -0.39 is 9.84 Å². The van der Waals surface area contributed by atoms with E-state index in [0.717, 1.165) is 10.4 Å². The summed E-state index contributed by atoms with van der Waals surface area (Å²) in [4.78, 5) is 14.8. The van der Waals surface area contributed by atoms with E-state index in [0.29, 0.717) is 13.1 Å². The second-order valence-electron chi connectivity index (χ2n) is 4.91. The van der Waals surface area contributed by atoms with Crippen molar-refractivity contribution in [2.45, 2.75) is 33.4 Å². The number of carbonyl (C=O) groups is 1. The summed E-state index contributed by atoms with van der Waals surface area (Å²) in [7, 11) is -3.10. The summed E-state index contributed by atoms with van der Waals surface area (Å²) >= 11 is 1.60. The molecule has 0 unspecified atom stereocenters. The third-order valence-corrected chi connectivity index (χ3v) is 5.16. The van der Waals surface area contributed by atoms with Crippen molar-refractivity contribution >= 4 is 27.2 Å². The molecule has 1 rings (SSSR count). The first kappa shape index (κ1) is 17.0. The van der Waals surface area contributed by atoms with Gasteiger partial charge in [0.05, 0.1) is 12.3 Å². The number of carbonyl (C=O) groups excluding carboxylic acids is 1. The maximum absolute atomic E-state index is 12.1. The Hall–Kier alpha value is -1.08. The quantitative estimate of drug-likeness (QED) is 0.872. The molecule has 1 heterocycles. The van der Waals surface area contributed by atoms with Gasteiger partial charge in [-0.3, -0.25) is 0 Å². The number of aryl methyl sites for hydroxylation is 1. The number of hydrogen-bond donors (Lipinski definition) is 1. The number of amides is 2. The number of hydrogen-bond acceptors (Lipinski definition) is 4. The van der Waals surface area contributed by atoms with Crippen LogP contribution in [-0.2, 0) is 16.4 Å². The average Bonchev–Trinajstić information content (AvgIpc) is 2.70. The van der Waals surface area contributed by atoms with Gasteiger partial charge < -0.3 is 10.2 Å². The van der Waals surface area contributed by atoms with Crippen molar-refractivity contribution in [1.82, 2.24) is 10.2 Å². The van der Waals surface area contributed by atoms with Crippen molar-refractivity contribution in [2.75, 3.05) is 18.6 Å². The van der Waals surface area contributed by atoms with E-state index in [2.05, 4.69) is 5.32 Å². The highest BCUT2D eigenvalue weighted by Crippen LogP contribution is 2.15. The van der Waals surface area contributed by atoms with Gasteiger partial charge in [0.25, 0.3) is 0 Å². The summed E-state index contributed by atoms with van der Waals surface area (Å²) in [6.07, 6.45) is 1.18. The first-order valence-electron chi connectivity index (χ1n) is 6.49. The fourth-order valence-electron chi connectivity index (χ4n) is 2.03. The van der Waals surface area contributed by atoms with E-state index >= 15 is 0 Å². The standard InChI is InChI=1S/C13H22N2O3S2/c1-5-15(11(3)9-20(4,17)18)13(16)14-8-12-10(2)6-7-19-12/h6-7,11H,5,8-9H2,1-4H3,(H,14,16)/t11-/m1/s1. The largest absolute Gasteiger partial charge is 0.333 e. The molecule has 5 nitrogen and oxygen atoms in total. The van der Waals surface area contributed by atoms with Crippen LogP contribution in [0.3, 0.4) is 0 Å². The molecule has 114 valence electrons. The zero-order valence-corrected chi connectivity index (χ0v) is 14.0. The molecule has 1 aromatic rings. The van der Waals surface area contributed by atoms with E-state index in [-0.39, 0.29) is 17.8 Å². The molecule has 1 N–H and O–H groups in total. The predicted octanol–water partition coefficient (Wildman–Crippen LogP) is 2.02. The molecule has 0 spiro atoms. The van der Waals surface area contributed by atoms with Crippen LogP contribution in [-0.4, -0.2) is 43.9 Å². The summed E-state index contributed by atoms with van der Waals surface area (Å²) in [6.45, 7) is 6.55. The first-order chi connectivity index (χ1) is 9.24. The van der Waals surface area contributed by atoms with Gasteiger partial charge in [0.15, 0.2) is 0 Å². The van der Waals surface area contributed by atoms with Gasteiger partial charge in [-0.05, 0) is 37.8 Å². The summed E-state index contributed by atoms with van der Waals surface area (Å²) in [5.74, 6) is -0.0215. The SMILES string of the molecule is CCN(C(=O)NCc1sccc1C)[C@H](C)CS(C)(=O)=O. The van der Waals surface area contributed by atoms with Crippen molar-refractivity contribution in [1.29, 1.82) is 0 Å². The van der Waals surface area contributed by atoms with Crippen LogP contribution >= 0.6 is 11.3 Å². The lowest BCUT2D eigenvalue weighted by atomic mass is 10.3. The van der Waals surface area contributed by atoms with Gasteiger partial charge in [-0.2, -0.15) is 0 Å². The lowest BCUT2D eigenvalue weighted by molar-refractivity contribution is 0.187. The molecule has 2 amide bonds. The van der Waals surface area contributed by atoms with Crippen molar-refractivity contribution in [3.8, 4) is 0 Å². The molecule has 0 fully saturated rings. The van der Waals surface area contributed by atoms with Gasteiger partial charge >= 0.3 is 6.03 Å². The second-order valence-corrected chi connectivity index (χ2v) is 8.10. The molecule has 7 heteroatoms. The minimum absolute atomic E-state index is 0.0215.